The Hall–Kier alpha value is -3.93. The van der Waals surface area contributed by atoms with Crippen molar-refractivity contribution >= 4 is 98.6 Å². The lowest BCUT2D eigenvalue weighted by molar-refractivity contribution is -0.384. The number of phenolic OH excluding ortho intramolecular Hbond substituents is 2. The average molecular weight is 832 g/mol. The second-order valence-electron chi connectivity index (χ2n) is 10.9. The maximum Gasteiger partial charge on any atom is 0.269 e. The Labute approximate surface area is 334 Å². The first-order valence-corrected chi connectivity index (χ1v) is 18.8. The highest BCUT2D eigenvalue weighted by Crippen LogP contribution is 2.38. The maximum absolute atomic E-state index is 10.8. The average Bonchev–Trinajstić information content (AvgIpc) is 3.12. The summed E-state index contributed by atoms with van der Waals surface area (Å²) in [6.45, 7) is 0.974. The number of nitro groups is 1. The Morgan fingerprint density at radius 3 is 1.38 bits per heavy atom. The predicted molar refractivity (Wildman–Crippen MR) is 217 cm³/mol. The summed E-state index contributed by atoms with van der Waals surface area (Å²) in [6.07, 6.45) is 0. The maximum atomic E-state index is 10.8. The van der Waals surface area contributed by atoms with Crippen LogP contribution in [-0.4, -0.2) is 15.1 Å². The van der Waals surface area contributed by atoms with E-state index in [1.54, 1.807) is 36.0 Å². The first kappa shape index (κ1) is 39.3. The fourth-order valence-corrected chi connectivity index (χ4v) is 7.67. The van der Waals surface area contributed by atoms with E-state index in [4.69, 9.17) is 58.0 Å². The van der Waals surface area contributed by atoms with Gasteiger partial charge in [0, 0.05) is 59.9 Å². The van der Waals surface area contributed by atoms with Crippen molar-refractivity contribution in [2.45, 2.75) is 32.7 Å². The van der Waals surface area contributed by atoms with Crippen molar-refractivity contribution < 1.29 is 15.1 Å². The minimum absolute atomic E-state index is 0.00565. The van der Waals surface area contributed by atoms with E-state index in [2.05, 4.69) is 16.7 Å². The summed E-state index contributed by atoms with van der Waals surface area (Å²) in [7, 11) is 0. The van der Waals surface area contributed by atoms with Crippen molar-refractivity contribution in [3.63, 3.8) is 0 Å². The number of rotatable bonds is 11. The lowest BCUT2D eigenvalue weighted by atomic mass is 10.2. The highest BCUT2D eigenvalue weighted by atomic mass is 35.5. The van der Waals surface area contributed by atoms with Crippen molar-refractivity contribution in [3.05, 3.63) is 168 Å². The molecule has 4 N–H and O–H groups in total. The van der Waals surface area contributed by atoms with Crippen LogP contribution < -0.4 is 10.6 Å². The molecule has 0 aliphatic rings. The zero-order chi connectivity index (χ0) is 37.2. The van der Waals surface area contributed by atoms with Gasteiger partial charge in [-0.3, -0.25) is 10.1 Å². The number of hydrogen-bond donors (Lipinski definition) is 4. The van der Waals surface area contributed by atoms with Crippen LogP contribution in [0, 0.1) is 10.1 Å². The van der Waals surface area contributed by atoms with Crippen LogP contribution >= 0.6 is 81.5 Å². The molecule has 6 aromatic carbocycles. The molecule has 0 bridgehead atoms. The predicted octanol–water partition coefficient (Wildman–Crippen LogP) is 13.5. The van der Waals surface area contributed by atoms with Gasteiger partial charge >= 0.3 is 0 Å². The number of aromatic hydroxyl groups is 2. The summed E-state index contributed by atoms with van der Waals surface area (Å²) in [5.41, 5.74) is 3.10. The molecular formula is C38H28Cl5N3O4S2. The Bertz CT molecular complexity index is 2180. The van der Waals surface area contributed by atoms with Crippen LogP contribution in [0.4, 0.5) is 17.1 Å². The molecule has 0 saturated heterocycles. The van der Waals surface area contributed by atoms with Crippen LogP contribution in [0.2, 0.25) is 25.1 Å². The van der Waals surface area contributed by atoms with E-state index in [0.717, 1.165) is 30.7 Å². The minimum atomic E-state index is -0.422. The quantitative estimate of drug-likeness (QED) is 0.0581. The van der Waals surface area contributed by atoms with Crippen LogP contribution in [0.15, 0.2) is 141 Å². The number of nitrogens with zero attached hydrogens (tertiary/aromatic N) is 1. The van der Waals surface area contributed by atoms with Gasteiger partial charge in [0.05, 0.1) is 26.3 Å². The van der Waals surface area contributed by atoms with Gasteiger partial charge in [-0.15, -0.1) is 0 Å². The summed E-state index contributed by atoms with van der Waals surface area (Å²) in [5.74, 6) is -0.0597. The zero-order valence-electron chi connectivity index (χ0n) is 26.8. The number of non-ortho nitro benzene ring substituents is 1. The molecular weight excluding hydrogens is 804 g/mol. The largest absolute Gasteiger partial charge is 0.504 e. The monoisotopic (exact) mass is 829 g/mol. The topological polar surface area (TPSA) is 108 Å². The van der Waals surface area contributed by atoms with Crippen molar-refractivity contribution in [2.75, 3.05) is 10.6 Å². The van der Waals surface area contributed by atoms with Gasteiger partial charge in [-0.1, -0.05) is 118 Å². The van der Waals surface area contributed by atoms with E-state index in [1.807, 2.05) is 66.7 Å². The summed E-state index contributed by atoms with van der Waals surface area (Å²) >= 11 is 33.0. The van der Waals surface area contributed by atoms with Gasteiger partial charge < -0.3 is 20.8 Å². The van der Waals surface area contributed by atoms with E-state index >= 15 is 0 Å². The summed E-state index contributed by atoms with van der Waals surface area (Å²) < 4.78 is 0. The molecule has 52 heavy (non-hydrogen) atoms. The number of benzene rings is 6. The molecule has 0 spiro atoms. The molecule has 0 heterocycles. The normalized spacial score (nSPS) is 10.6. The van der Waals surface area contributed by atoms with E-state index in [0.29, 0.717) is 39.5 Å². The molecule has 0 aromatic heterocycles. The van der Waals surface area contributed by atoms with Crippen LogP contribution in [0.25, 0.3) is 0 Å². The fraction of sp³-hybridized carbons (Fsp3) is 0.0526. The number of nitrogens with one attached hydrogen (secondary N) is 2. The number of hydrogen-bond acceptors (Lipinski definition) is 8. The van der Waals surface area contributed by atoms with Crippen LogP contribution in [0.1, 0.15) is 11.1 Å². The molecule has 0 atom stereocenters. The lowest BCUT2D eigenvalue weighted by Crippen LogP contribution is -2.01. The first-order chi connectivity index (χ1) is 25.0. The molecule has 6 aromatic rings. The van der Waals surface area contributed by atoms with E-state index in [-0.39, 0.29) is 27.2 Å². The molecule has 266 valence electrons. The third kappa shape index (κ3) is 11.0. The SMILES string of the molecule is O=[N+]([O-])c1ccc(Sc2ccccc2CNc2cc(Cl)cc(Cl)c2O)cc1.Oc1c(Cl)cc(Cl)cc1NCc1ccccc1Sc1ccc(Cl)cc1. The molecule has 6 rings (SSSR count). The third-order valence-corrected chi connectivity index (χ3v) is 10.8. The molecule has 0 fully saturated rings. The summed E-state index contributed by atoms with van der Waals surface area (Å²) in [5, 5.41) is 39.2. The molecule has 0 amide bonds. The van der Waals surface area contributed by atoms with Crippen molar-refractivity contribution in [1.29, 1.82) is 0 Å². The van der Waals surface area contributed by atoms with Crippen LogP contribution in [0.5, 0.6) is 11.5 Å². The van der Waals surface area contributed by atoms with E-state index < -0.39 is 4.92 Å². The Morgan fingerprint density at radius 1 is 0.558 bits per heavy atom. The van der Waals surface area contributed by atoms with Gasteiger partial charge in [0.1, 0.15) is 0 Å². The lowest BCUT2D eigenvalue weighted by Gasteiger charge is -2.13. The van der Waals surface area contributed by atoms with Gasteiger partial charge in [-0.05, 0) is 83.9 Å². The second-order valence-corrected chi connectivity index (χ2v) is 15.3. The molecule has 7 nitrogen and oxygen atoms in total. The minimum Gasteiger partial charge on any atom is -0.504 e. The van der Waals surface area contributed by atoms with Gasteiger partial charge in [-0.2, -0.15) is 0 Å². The molecule has 0 radical (unpaired) electrons. The fourth-order valence-electron chi connectivity index (χ4n) is 4.67. The first-order valence-electron chi connectivity index (χ1n) is 15.3. The number of phenols is 2. The van der Waals surface area contributed by atoms with Crippen molar-refractivity contribution in [2.24, 2.45) is 0 Å². The number of halogens is 5. The smallest absolute Gasteiger partial charge is 0.269 e. The van der Waals surface area contributed by atoms with Crippen LogP contribution in [-0.2, 0) is 13.1 Å². The van der Waals surface area contributed by atoms with E-state index in [9.17, 15) is 20.3 Å². The number of anilines is 2. The number of nitro benzene ring substituents is 1. The van der Waals surface area contributed by atoms with Gasteiger partial charge in [-0.25, -0.2) is 0 Å². The van der Waals surface area contributed by atoms with Crippen molar-refractivity contribution in [1.82, 2.24) is 0 Å². The molecule has 0 aliphatic heterocycles. The Kier molecular flexibility index (Phi) is 14.1. The molecule has 0 unspecified atom stereocenters. The standard InChI is InChI=1S/C19H14Cl3NOS.C19H14Cl2N2O3S/c20-13-5-7-15(8-6-13)25-18-4-2-1-3-12(18)11-23-17-10-14(21)9-16(22)19(17)24;20-13-9-16(21)19(24)17(10-13)22-11-12-3-1-2-4-18(12)27-15-7-5-14(6-8-15)23(25)26/h1-10,23-24H,11H2;1-10,22,24H,11H2. The van der Waals surface area contributed by atoms with E-state index in [1.165, 1.54) is 36.0 Å². The highest BCUT2D eigenvalue weighted by molar-refractivity contribution is 7.99. The molecule has 14 heteroatoms. The third-order valence-electron chi connectivity index (χ3n) is 7.26. The highest BCUT2D eigenvalue weighted by Gasteiger charge is 2.12. The van der Waals surface area contributed by atoms with Gasteiger partial charge in [0.25, 0.3) is 5.69 Å². The zero-order valence-corrected chi connectivity index (χ0v) is 32.2. The summed E-state index contributed by atoms with van der Waals surface area (Å²) in [6, 6.07) is 36.2. The van der Waals surface area contributed by atoms with Gasteiger partial charge in [0.2, 0.25) is 0 Å². The second kappa shape index (κ2) is 18.7. The van der Waals surface area contributed by atoms with Crippen LogP contribution in [0.3, 0.4) is 0 Å². The molecule has 0 aliphatic carbocycles. The Morgan fingerprint density at radius 2 is 0.962 bits per heavy atom. The Balaban J connectivity index is 0.000000202. The molecule has 0 saturated carbocycles. The summed E-state index contributed by atoms with van der Waals surface area (Å²) in [4.78, 5) is 14.5. The van der Waals surface area contributed by atoms with Gasteiger partial charge in [0.15, 0.2) is 11.5 Å². The van der Waals surface area contributed by atoms with Crippen molar-refractivity contribution in [3.8, 4) is 11.5 Å².